The van der Waals surface area contributed by atoms with Crippen LogP contribution in [0, 0.1) is 23.7 Å². The molecule has 3 fully saturated rings. The Balaban J connectivity index is 1.27. The van der Waals surface area contributed by atoms with Crippen molar-refractivity contribution in [2.75, 3.05) is 18.5 Å². The van der Waals surface area contributed by atoms with Crippen LogP contribution >= 0.6 is 31.9 Å². The second kappa shape index (κ2) is 9.01. The number of anilines is 1. The van der Waals surface area contributed by atoms with Gasteiger partial charge in [0.2, 0.25) is 11.8 Å². The summed E-state index contributed by atoms with van der Waals surface area (Å²) in [6.07, 6.45) is -4.17. The first kappa shape index (κ1) is 24.2. The number of nitrogens with zero attached hydrogens (tertiary/aromatic N) is 1. The number of rotatable bonds is 6. The molecule has 1 heterocycles. The molecule has 12 heteroatoms. The summed E-state index contributed by atoms with van der Waals surface area (Å²) in [5.74, 6) is -3.04. The van der Waals surface area contributed by atoms with Gasteiger partial charge in [0.15, 0.2) is 6.61 Å². The second-order valence-corrected chi connectivity index (χ2v) is 10.4. The van der Waals surface area contributed by atoms with E-state index in [4.69, 9.17) is 4.74 Å². The Morgan fingerprint density at radius 1 is 1.06 bits per heavy atom. The first-order valence-corrected chi connectivity index (χ1v) is 12.1. The number of amides is 3. The van der Waals surface area contributed by atoms with Gasteiger partial charge in [0.05, 0.1) is 29.5 Å². The highest BCUT2D eigenvalue weighted by Crippen LogP contribution is 2.60. The summed E-state index contributed by atoms with van der Waals surface area (Å²) in [5, 5.41) is 2.07. The van der Waals surface area contributed by atoms with Crippen molar-refractivity contribution in [3.63, 3.8) is 0 Å². The minimum atomic E-state index is -4.66. The fourth-order valence-electron chi connectivity index (χ4n) is 5.08. The number of para-hydroxylation sites is 1. The Hall–Kier alpha value is -1.95. The number of halogens is 5. The lowest BCUT2D eigenvalue weighted by atomic mass is 9.81. The summed E-state index contributed by atoms with van der Waals surface area (Å²) < 4.78 is 43.8. The van der Waals surface area contributed by atoms with Gasteiger partial charge in [-0.2, -0.15) is 13.2 Å². The first-order chi connectivity index (χ1) is 15.5. The zero-order valence-electron chi connectivity index (χ0n) is 17.0. The third kappa shape index (κ3) is 4.43. The molecule has 1 aromatic carbocycles. The predicted octanol–water partition coefficient (Wildman–Crippen LogP) is 3.36. The standard InChI is InChI=1S/C21H19Br2F3N2O5/c22-17-9-7-10(18(17)23)16-15(9)19(31)28(20(16)32)6-5-14(30)33-8-13(29)27-12-4-2-1-3-11(12)21(24,25)26/h1-4,9-10,15-18H,5-8H2,(H,27,29)/t9-,10-,15-,16-,17-,18+/m1/s1. The maximum absolute atomic E-state index is 13.0. The number of imide groups is 1. The van der Waals surface area contributed by atoms with Gasteiger partial charge < -0.3 is 10.1 Å². The van der Waals surface area contributed by atoms with Crippen molar-refractivity contribution >= 4 is 61.2 Å². The number of esters is 1. The van der Waals surface area contributed by atoms with E-state index in [-0.39, 0.29) is 46.3 Å². The molecular weight excluding hydrogens is 577 g/mol. The van der Waals surface area contributed by atoms with Gasteiger partial charge in [-0.3, -0.25) is 24.1 Å². The SMILES string of the molecule is O=C(COC(=O)CCN1C(=O)[C@@H]2[C@H]3C[C@@H]([C@@H](Br)[C@H]3Br)[C@H]2C1=O)Nc1ccccc1C(F)(F)F. The van der Waals surface area contributed by atoms with E-state index in [1.807, 2.05) is 0 Å². The molecule has 3 aliphatic rings. The summed E-state index contributed by atoms with van der Waals surface area (Å²) in [6, 6.07) is 4.43. The molecule has 0 radical (unpaired) electrons. The number of alkyl halides is 5. The molecule has 0 unspecified atom stereocenters. The van der Waals surface area contributed by atoms with Crippen molar-refractivity contribution in [3.8, 4) is 0 Å². The van der Waals surface area contributed by atoms with E-state index in [1.54, 1.807) is 0 Å². The quantitative estimate of drug-likeness (QED) is 0.309. The van der Waals surface area contributed by atoms with Crippen molar-refractivity contribution < 1.29 is 37.1 Å². The van der Waals surface area contributed by atoms with Crippen molar-refractivity contribution in [1.82, 2.24) is 4.90 Å². The lowest BCUT2D eigenvalue weighted by molar-refractivity contribution is -0.149. The van der Waals surface area contributed by atoms with Crippen molar-refractivity contribution in [3.05, 3.63) is 29.8 Å². The van der Waals surface area contributed by atoms with Crippen molar-refractivity contribution in [1.29, 1.82) is 0 Å². The third-order valence-corrected chi connectivity index (χ3v) is 9.70. The smallest absolute Gasteiger partial charge is 0.418 e. The van der Waals surface area contributed by atoms with Crippen LogP contribution in [-0.4, -0.2) is 51.4 Å². The van der Waals surface area contributed by atoms with Crippen molar-refractivity contribution in [2.45, 2.75) is 28.7 Å². The number of likely N-dealkylation sites (tertiary alicyclic amines) is 1. The van der Waals surface area contributed by atoms with E-state index in [0.717, 1.165) is 23.5 Å². The highest BCUT2D eigenvalue weighted by atomic mass is 79.9. The van der Waals surface area contributed by atoms with Gasteiger partial charge in [-0.15, -0.1) is 0 Å². The normalized spacial score (nSPS) is 30.5. The van der Waals surface area contributed by atoms with Crippen LogP contribution < -0.4 is 5.32 Å². The maximum atomic E-state index is 13.0. The topological polar surface area (TPSA) is 92.8 Å². The molecule has 1 aromatic rings. The molecule has 4 rings (SSSR count). The minimum absolute atomic E-state index is 0.0565. The molecule has 33 heavy (non-hydrogen) atoms. The molecule has 1 aliphatic heterocycles. The number of carbonyl (C=O) groups is 4. The summed E-state index contributed by atoms with van der Waals surface area (Å²) >= 11 is 7.19. The molecule has 0 spiro atoms. The number of benzene rings is 1. The van der Waals surface area contributed by atoms with Crippen LogP contribution in [0.15, 0.2) is 24.3 Å². The molecular formula is C21H19Br2F3N2O5. The van der Waals surface area contributed by atoms with E-state index in [2.05, 4.69) is 37.2 Å². The zero-order valence-corrected chi connectivity index (χ0v) is 20.2. The van der Waals surface area contributed by atoms with Crippen LogP contribution in [0.1, 0.15) is 18.4 Å². The summed E-state index contributed by atoms with van der Waals surface area (Å²) in [7, 11) is 0. The Morgan fingerprint density at radius 3 is 2.21 bits per heavy atom. The summed E-state index contributed by atoms with van der Waals surface area (Å²) in [4.78, 5) is 50.9. The van der Waals surface area contributed by atoms with Crippen LogP contribution in [0.5, 0.6) is 0 Å². The fourth-order valence-corrected chi connectivity index (χ4v) is 6.95. The maximum Gasteiger partial charge on any atom is 0.418 e. The third-order valence-electron chi connectivity index (χ3n) is 6.49. The van der Waals surface area contributed by atoms with Gasteiger partial charge in [-0.25, -0.2) is 0 Å². The lowest BCUT2D eigenvalue weighted by Crippen LogP contribution is -2.37. The molecule has 2 bridgehead atoms. The van der Waals surface area contributed by atoms with Crippen LogP contribution in [0.25, 0.3) is 0 Å². The van der Waals surface area contributed by atoms with Gasteiger partial charge in [0.25, 0.3) is 5.91 Å². The average Bonchev–Trinajstić information content (AvgIpc) is 3.35. The number of nitrogens with one attached hydrogen (secondary N) is 1. The Kier molecular flexibility index (Phi) is 6.60. The number of carbonyl (C=O) groups excluding carboxylic acids is 4. The lowest BCUT2D eigenvalue weighted by Gasteiger charge is -2.28. The zero-order chi connectivity index (χ0) is 24.1. The Bertz CT molecular complexity index is 972. The van der Waals surface area contributed by atoms with Gasteiger partial charge in [0.1, 0.15) is 0 Å². The summed E-state index contributed by atoms with van der Waals surface area (Å²) in [6.45, 7) is -0.958. The van der Waals surface area contributed by atoms with Crippen LogP contribution in [0.3, 0.4) is 0 Å². The Labute approximate surface area is 203 Å². The molecule has 1 saturated heterocycles. The molecule has 2 saturated carbocycles. The highest BCUT2D eigenvalue weighted by Gasteiger charge is 2.66. The van der Waals surface area contributed by atoms with Crippen LogP contribution in [0.2, 0.25) is 0 Å². The largest absolute Gasteiger partial charge is 0.456 e. The number of ether oxygens (including phenoxy) is 1. The number of fused-ring (bicyclic) bond motifs is 5. The van der Waals surface area contributed by atoms with E-state index in [0.29, 0.717) is 0 Å². The molecule has 6 atom stereocenters. The first-order valence-electron chi connectivity index (χ1n) is 10.3. The molecule has 7 nitrogen and oxygen atoms in total. The highest BCUT2D eigenvalue weighted by molar-refractivity contribution is 9.12. The molecule has 1 N–H and O–H groups in total. The molecule has 3 amide bonds. The molecule has 2 aliphatic carbocycles. The average molecular weight is 596 g/mol. The van der Waals surface area contributed by atoms with E-state index in [9.17, 15) is 32.3 Å². The van der Waals surface area contributed by atoms with Crippen LogP contribution in [-0.2, 0) is 30.1 Å². The minimum Gasteiger partial charge on any atom is -0.456 e. The summed E-state index contributed by atoms with van der Waals surface area (Å²) in [5.41, 5.74) is -1.47. The van der Waals surface area contributed by atoms with Gasteiger partial charge in [0, 0.05) is 16.2 Å². The number of hydrogen-bond donors (Lipinski definition) is 1. The fraction of sp³-hybridized carbons (Fsp3) is 0.524. The van der Waals surface area contributed by atoms with E-state index >= 15 is 0 Å². The van der Waals surface area contributed by atoms with E-state index < -0.39 is 47.7 Å². The monoisotopic (exact) mass is 594 g/mol. The number of hydrogen-bond acceptors (Lipinski definition) is 5. The van der Waals surface area contributed by atoms with Gasteiger partial charge in [-0.1, -0.05) is 44.0 Å². The van der Waals surface area contributed by atoms with Crippen molar-refractivity contribution in [2.24, 2.45) is 23.7 Å². The van der Waals surface area contributed by atoms with Gasteiger partial charge >= 0.3 is 12.1 Å². The second-order valence-electron chi connectivity index (χ2n) is 8.33. The molecule has 0 aromatic heterocycles. The Morgan fingerprint density at radius 2 is 1.64 bits per heavy atom. The van der Waals surface area contributed by atoms with Crippen LogP contribution in [0.4, 0.5) is 18.9 Å². The van der Waals surface area contributed by atoms with E-state index in [1.165, 1.54) is 12.1 Å². The van der Waals surface area contributed by atoms with Gasteiger partial charge in [-0.05, 0) is 30.4 Å². The predicted molar refractivity (Wildman–Crippen MR) is 116 cm³/mol. The molecule has 178 valence electrons.